The molecule has 0 aliphatic rings. The lowest BCUT2D eigenvalue weighted by molar-refractivity contribution is -0.122. The van der Waals surface area contributed by atoms with E-state index in [1.165, 1.54) is 16.9 Å². The Morgan fingerprint density at radius 2 is 1.95 bits per heavy atom. The zero-order valence-electron chi connectivity index (χ0n) is 12.5. The third-order valence-electron chi connectivity index (χ3n) is 3.14. The highest BCUT2D eigenvalue weighted by atomic mass is 32.1. The Hall–Kier alpha value is -1.95. The number of nitrogens with zero attached hydrogens (tertiary/aromatic N) is 2. The number of anilines is 1. The van der Waals surface area contributed by atoms with Crippen molar-refractivity contribution in [2.45, 2.75) is 26.3 Å². The molecule has 2 rings (SSSR count). The molecule has 112 valence electrons. The van der Waals surface area contributed by atoms with Gasteiger partial charge in [-0.05, 0) is 11.5 Å². The van der Waals surface area contributed by atoms with E-state index >= 15 is 0 Å². The van der Waals surface area contributed by atoms with Gasteiger partial charge in [-0.15, -0.1) is 10.2 Å². The molecule has 0 saturated heterocycles. The van der Waals surface area contributed by atoms with Crippen molar-refractivity contribution in [1.29, 1.82) is 0 Å². The molecule has 1 aromatic heterocycles. The van der Waals surface area contributed by atoms with Gasteiger partial charge in [-0.3, -0.25) is 4.79 Å². The van der Waals surface area contributed by atoms with Crippen LogP contribution in [0.2, 0.25) is 0 Å². The predicted molar refractivity (Wildman–Crippen MR) is 85.5 cm³/mol. The van der Waals surface area contributed by atoms with Gasteiger partial charge in [0.2, 0.25) is 11.0 Å². The lowest BCUT2D eigenvalue weighted by Gasteiger charge is -2.19. The van der Waals surface area contributed by atoms with Gasteiger partial charge in [-0.25, -0.2) is 0 Å². The van der Waals surface area contributed by atoms with E-state index in [0.29, 0.717) is 5.13 Å². The molecule has 0 spiro atoms. The number of hydrogen-bond donors (Lipinski definition) is 2. The Labute approximate surface area is 128 Å². The minimum Gasteiger partial charge on any atom is -0.357 e. The summed E-state index contributed by atoms with van der Waals surface area (Å²) >= 11 is 1.49. The minimum atomic E-state index is -0.299. The van der Waals surface area contributed by atoms with Crippen molar-refractivity contribution in [2.75, 3.05) is 12.4 Å². The van der Waals surface area contributed by atoms with E-state index in [4.69, 9.17) is 0 Å². The summed E-state index contributed by atoms with van der Waals surface area (Å²) in [6.07, 6.45) is 0.756. The molecule has 1 unspecified atom stereocenters. The molecular formula is C15H20N4OS. The molecule has 0 aliphatic heterocycles. The maximum Gasteiger partial charge on any atom is 0.242 e. The second-order valence-electron chi connectivity index (χ2n) is 5.14. The van der Waals surface area contributed by atoms with Crippen LogP contribution in [0.3, 0.4) is 0 Å². The largest absolute Gasteiger partial charge is 0.357 e. The first-order chi connectivity index (χ1) is 10.1. The second-order valence-corrected chi connectivity index (χ2v) is 6.21. The maximum atomic E-state index is 11.8. The molecule has 0 aliphatic carbocycles. The molecule has 1 atom stereocenters. The monoisotopic (exact) mass is 304 g/mol. The first-order valence-electron chi connectivity index (χ1n) is 6.94. The van der Waals surface area contributed by atoms with Gasteiger partial charge < -0.3 is 10.6 Å². The van der Waals surface area contributed by atoms with Gasteiger partial charge in [0.1, 0.15) is 11.0 Å². The van der Waals surface area contributed by atoms with Crippen molar-refractivity contribution in [2.24, 2.45) is 5.92 Å². The second kappa shape index (κ2) is 7.17. The molecule has 2 N–H and O–H groups in total. The number of aromatic nitrogens is 2. The van der Waals surface area contributed by atoms with E-state index in [1.54, 1.807) is 7.05 Å². The van der Waals surface area contributed by atoms with Crippen LogP contribution >= 0.6 is 11.3 Å². The highest BCUT2D eigenvalue weighted by Gasteiger charge is 2.22. The van der Waals surface area contributed by atoms with E-state index in [1.807, 2.05) is 32.0 Å². The fourth-order valence-electron chi connectivity index (χ4n) is 1.98. The fourth-order valence-corrected chi connectivity index (χ4v) is 2.79. The smallest absolute Gasteiger partial charge is 0.242 e. The molecule has 6 heteroatoms. The zero-order chi connectivity index (χ0) is 15.2. The molecule has 0 fully saturated rings. The molecule has 1 heterocycles. The fraction of sp³-hybridized carbons (Fsp3) is 0.400. The summed E-state index contributed by atoms with van der Waals surface area (Å²) in [7, 11) is 1.64. The molecule has 0 bridgehead atoms. The van der Waals surface area contributed by atoms with Crippen molar-refractivity contribution in [3.63, 3.8) is 0 Å². The average Bonchev–Trinajstić information content (AvgIpc) is 2.92. The van der Waals surface area contributed by atoms with E-state index < -0.39 is 0 Å². The third-order valence-corrected chi connectivity index (χ3v) is 3.99. The van der Waals surface area contributed by atoms with E-state index in [-0.39, 0.29) is 17.9 Å². The normalized spacial score (nSPS) is 12.2. The number of benzene rings is 1. The summed E-state index contributed by atoms with van der Waals surface area (Å²) in [5.74, 6) is 0.135. The summed E-state index contributed by atoms with van der Waals surface area (Å²) in [4.78, 5) is 11.8. The summed E-state index contributed by atoms with van der Waals surface area (Å²) in [5.41, 5.74) is 1.20. The maximum absolute atomic E-state index is 11.8. The van der Waals surface area contributed by atoms with Gasteiger partial charge in [0, 0.05) is 13.5 Å². The molecular weight excluding hydrogens is 284 g/mol. The van der Waals surface area contributed by atoms with Crippen LogP contribution in [-0.2, 0) is 11.2 Å². The topological polar surface area (TPSA) is 66.9 Å². The van der Waals surface area contributed by atoms with E-state index in [0.717, 1.165) is 11.4 Å². The van der Waals surface area contributed by atoms with Crippen molar-refractivity contribution < 1.29 is 4.79 Å². The Morgan fingerprint density at radius 3 is 2.57 bits per heavy atom. The van der Waals surface area contributed by atoms with Crippen LogP contribution < -0.4 is 10.6 Å². The molecule has 21 heavy (non-hydrogen) atoms. The van der Waals surface area contributed by atoms with Gasteiger partial charge >= 0.3 is 0 Å². The van der Waals surface area contributed by atoms with Crippen LogP contribution in [0.5, 0.6) is 0 Å². The summed E-state index contributed by atoms with van der Waals surface area (Å²) in [5, 5.41) is 15.8. The lowest BCUT2D eigenvalue weighted by atomic mass is 10.0. The highest BCUT2D eigenvalue weighted by Crippen LogP contribution is 2.20. The average molecular weight is 304 g/mol. The Bertz CT molecular complexity index is 582. The van der Waals surface area contributed by atoms with Gasteiger partial charge in [0.25, 0.3) is 0 Å². The van der Waals surface area contributed by atoms with Gasteiger partial charge in [-0.1, -0.05) is 55.5 Å². The summed E-state index contributed by atoms with van der Waals surface area (Å²) in [6, 6.07) is 9.85. The Morgan fingerprint density at radius 1 is 1.24 bits per heavy atom. The van der Waals surface area contributed by atoms with Gasteiger partial charge in [0.15, 0.2) is 0 Å². The van der Waals surface area contributed by atoms with Gasteiger partial charge in [0.05, 0.1) is 0 Å². The van der Waals surface area contributed by atoms with Crippen molar-refractivity contribution in [3.05, 3.63) is 40.9 Å². The van der Waals surface area contributed by atoms with Crippen molar-refractivity contribution in [3.8, 4) is 0 Å². The predicted octanol–water partition coefficient (Wildman–Crippen LogP) is 2.31. The quantitative estimate of drug-likeness (QED) is 0.859. The number of carbonyl (C=O) groups excluding carboxylic acids is 1. The first kappa shape index (κ1) is 15.4. The Balaban J connectivity index is 2.04. The molecule has 2 aromatic rings. The number of hydrogen-bond acceptors (Lipinski definition) is 5. The van der Waals surface area contributed by atoms with Crippen molar-refractivity contribution in [1.82, 2.24) is 15.5 Å². The van der Waals surface area contributed by atoms with Crippen LogP contribution in [0.25, 0.3) is 0 Å². The summed E-state index contributed by atoms with van der Waals surface area (Å²) < 4.78 is 0. The molecule has 5 nitrogen and oxygen atoms in total. The van der Waals surface area contributed by atoms with Crippen LogP contribution in [0, 0.1) is 5.92 Å². The molecule has 0 saturated carbocycles. The van der Waals surface area contributed by atoms with Crippen LogP contribution in [0.4, 0.5) is 5.13 Å². The first-order valence-corrected chi connectivity index (χ1v) is 7.76. The number of carbonyl (C=O) groups is 1. The summed E-state index contributed by atoms with van der Waals surface area (Å²) in [6.45, 7) is 4.00. The van der Waals surface area contributed by atoms with E-state index in [9.17, 15) is 4.79 Å². The van der Waals surface area contributed by atoms with Crippen molar-refractivity contribution >= 4 is 22.4 Å². The number of nitrogens with one attached hydrogen (secondary N) is 2. The van der Waals surface area contributed by atoms with Crippen LogP contribution in [-0.4, -0.2) is 29.2 Å². The SMILES string of the molecule is CNC(=O)C(Nc1nnc(Cc2ccccc2)s1)C(C)C. The minimum absolute atomic E-state index is 0.0372. The molecule has 1 aromatic carbocycles. The number of amides is 1. The lowest BCUT2D eigenvalue weighted by Crippen LogP contribution is -2.41. The van der Waals surface area contributed by atoms with Crippen LogP contribution in [0.15, 0.2) is 30.3 Å². The standard InChI is InChI=1S/C15H20N4OS/c1-10(2)13(14(20)16-3)17-15-19-18-12(21-15)9-11-7-5-4-6-8-11/h4-8,10,13H,9H2,1-3H3,(H,16,20)(H,17,19). The molecule has 1 amide bonds. The van der Waals surface area contributed by atoms with Crippen LogP contribution in [0.1, 0.15) is 24.4 Å². The van der Waals surface area contributed by atoms with Gasteiger partial charge in [-0.2, -0.15) is 0 Å². The zero-order valence-corrected chi connectivity index (χ0v) is 13.3. The van der Waals surface area contributed by atoms with E-state index in [2.05, 4.69) is 33.0 Å². The molecule has 0 radical (unpaired) electrons. The number of likely N-dealkylation sites (N-methyl/N-ethyl adjacent to an activating group) is 1. The Kier molecular flexibility index (Phi) is 5.27. The number of rotatable bonds is 6. The highest BCUT2D eigenvalue weighted by molar-refractivity contribution is 7.15. The third kappa shape index (κ3) is 4.26.